The fourth-order valence-electron chi connectivity index (χ4n) is 6.05. The van der Waals surface area contributed by atoms with Crippen LogP contribution in [0.2, 0.25) is 0 Å². The molecule has 0 fully saturated rings. The molecule has 8 N–H and O–H groups in total. The fourth-order valence-corrected chi connectivity index (χ4v) is 6.05. The molecule has 5 aromatic rings. The summed E-state index contributed by atoms with van der Waals surface area (Å²) in [6, 6.07) is 21.1. The van der Waals surface area contributed by atoms with Gasteiger partial charge in [0, 0.05) is 28.1 Å². The second-order valence-electron chi connectivity index (χ2n) is 13.5. The molecule has 1 aliphatic heterocycles. The second kappa shape index (κ2) is 18.6. The topological polar surface area (TPSA) is 260 Å². The molecule has 62 heavy (non-hydrogen) atoms. The van der Waals surface area contributed by atoms with Crippen LogP contribution in [0.4, 0.5) is 22.7 Å². The van der Waals surface area contributed by atoms with Crippen LogP contribution >= 0.6 is 0 Å². The molecule has 0 bridgehead atoms. The van der Waals surface area contributed by atoms with Gasteiger partial charge in [-0.25, -0.2) is 4.79 Å². The molecule has 18 nitrogen and oxygen atoms in total. The normalized spacial score (nSPS) is 12.0. The summed E-state index contributed by atoms with van der Waals surface area (Å²) in [5, 5.41) is 43.6. The number of methoxy groups -OCH3 is 2. The summed E-state index contributed by atoms with van der Waals surface area (Å²) in [6.45, 7) is 3.31. The number of hydrogen-bond donors (Lipinski definition) is 8. The highest BCUT2D eigenvalue weighted by molar-refractivity contribution is 6.11. The van der Waals surface area contributed by atoms with Crippen molar-refractivity contribution in [1.82, 2.24) is 5.32 Å². The average molecular weight is 846 g/mol. The van der Waals surface area contributed by atoms with Gasteiger partial charge in [-0.1, -0.05) is 6.07 Å². The van der Waals surface area contributed by atoms with Gasteiger partial charge in [0.1, 0.15) is 11.6 Å². The van der Waals surface area contributed by atoms with Crippen LogP contribution in [-0.2, 0) is 9.59 Å². The quantitative estimate of drug-likeness (QED) is 0.0612. The van der Waals surface area contributed by atoms with Gasteiger partial charge < -0.3 is 60.9 Å². The minimum absolute atomic E-state index is 0.00926. The number of aromatic carboxylic acids is 1. The number of aromatic hydroxyl groups is 2. The van der Waals surface area contributed by atoms with Crippen molar-refractivity contribution < 1.29 is 63.0 Å². The van der Waals surface area contributed by atoms with E-state index in [2.05, 4.69) is 26.6 Å². The molecule has 0 aliphatic carbocycles. The highest BCUT2D eigenvalue weighted by atomic mass is 16.7. The van der Waals surface area contributed by atoms with Crippen LogP contribution in [0.5, 0.6) is 34.5 Å². The minimum Gasteiger partial charge on any atom is -0.504 e. The highest BCUT2D eigenvalue weighted by Crippen LogP contribution is 2.41. The number of nitrogens with one attached hydrogen (secondary N) is 5. The van der Waals surface area contributed by atoms with Gasteiger partial charge in [0.25, 0.3) is 23.6 Å². The number of carbonyl (C=O) groups is 6. The van der Waals surface area contributed by atoms with Crippen molar-refractivity contribution in [1.29, 1.82) is 0 Å². The summed E-state index contributed by atoms with van der Waals surface area (Å²) in [4.78, 5) is 76.3. The molecule has 0 unspecified atom stereocenters. The molecule has 0 aromatic heterocycles. The van der Waals surface area contributed by atoms with Gasteiger partial charge >= 0.3 is 5.97 Å². The van der Waals surface area contributed by atoms with Gasteiger partial charge in [0.05, 0.1) is 31.2 Å². The van der Waals surface area contributed by atoms with Crippen molar-refractivity contribution in [3.05, 3.63) is 124 Å². The number of hydrogen-bond acceptors (Lipinski definition) is 12. The van der Waals surface area contributed by atoms with E-state index in [1.807, 2.05) is 6.07 Å². The maximum absolute atomic E-state index is 13.2. The Morgan fingerprint density at radius 1 is 0.645 bits per heavy atom. The van der Waals surface area contributed by atoms with Crippen LogP contribution in [0.25, 0.3) is 6.08 Å². The van der Waals surface area contributed by atoms with Crippen LogP contribution in [0.3, 0.4) is 0 Å². The van der Waals surface area contributed by atoms with E-state index in [0.29, 0.717) is 28.4 Å². The molecule has 5 amide bonds. The average Bonchev–Trinajstić information content (AvgIpc) is 3.72. The van der Waals surface area contributed by atoms with Crippen molar-refractivity contribution in [2.24, 2.45) is 0 Å². The van der Waals surface area contributed by atoms with Gasteiger partial charge in [-0.15, -0.1) is 0 Å². The first-order chi connectivity index (χ1) is 29.7. The number of ether oxygens (including phenoxy) is 4. The van der Waals surface area contributed by atoms with E-state index in [1.54, 1.807) is 37.3 Å². The molecule has 18 heteroatoms. The smallest absolute Gasteiger partial charge is 0.339 e. The zero-order chi connectivity index (χ0) is 44.7. The van der Waals surface area contributed by atoms with Gasteiger partial charge in [-0.3, -0.25) is 24.0 Å². The fraction of sp³-hybridized carbons (Fsp3) is 0.136. The Labute approximate surface area is 353 Å². The monoisotopic (exact) mass is 845 g/mol. The number of phenolic OH excluding ortho intramolecular Hbond substituents is 1. The van der Waals surface area contributed by atoms with Crippen LogP contribution < -0.4 is 45.5 Å². The predicted octanol–water partition coefficient (Wildman–Crippen LogP) is 5.85. The molecule has 0 spiro atoms. The van der Waals surface area contributed by atoms with E-state index in [-0.39, 0.29) is 52.3 Å². The van der Waals surface area contributed by atoms with E-state index in [4.69, 9.17) is 18.9 Å². The van der Waals surface area contributed by atoms with E-state index < -0.39 is 52.7 Å². The first-order valence-electron chi connectivity index (χ1n) is 18.5. The van der Waals surface area contributed by atoms with Crippen LogP contribution in [0.15, 0.2) is 96.6 Å². The number of amides is 5. The van der Waals surface area contributed by atoms with E-state index >= 15 is 0 Å². The number of rotatable bonds is 14. The van der Waals surface area contributed by atoms with Crippen LogP contribution in [0.1, 0.15) is 60.8 Å². The van der Waals surface area contributed by atoms with Crippen molar-refractivity contribution in [2.75, 3.05) is 42.3 Å². The predicted molar refractivity (Wildman–Crippen MR) is 225 cm³/mol. The van der Waals surface area contributed by atoms with Crippen LogP contribution in [-0.4, -0.2) is 77.9 Å². The number of carboxylic acids is 1. The van der Waals surface area contributed by atoms with E-state index in [1.165, 1.54) is 75.7 Å². The molecule has 0 radical (unpaired) electrons. The standard InChI is InChI=1S/C44H39N5O13/c1-22(19-24-5-18-33-34(20-24)62-21-61-33)39(52)46-27-10-6-25(7-11-27)41(54)45-23(2)40(53)47-28-12-8-26(9-13-28)42(55)48-31-16-14-29(35(50)37(31)59-3)43(56)49-32-17-15-30(44(57)58)36(51)38(32)60-4/h5-20,23,50-51H,21H2,1-4H3,(H,45,54)(H,46,52)(H,47,53)(H,48,55)(H,49,56)(H,57,58)/b22-19+/t23-/m0/s1. The summed E-state index contributed by atoms with van der Waals surface area (Å²) in [5.41, 5.74) is 1.57. The summed E-state index contributed by atoms with van der Waals surface area (Å²) < 4.78 is 21.0. The zero-order valence-corrected chi connectivity index (χ0v) is 33.4. The van der Waals surface area contributed by atoms with Crippen molar-refractivity contribution >= 4 is 64.3 Å². The summed E-state index contributed by atoms with van der Waals surface area (Å²) in [6.07, 6.45) is 1.71. The Kier molecular flexibility index (Phi) is 12.9. The third-order valence-corrected chi connectivity index (χ3v) is 9.34. The van der Waals surface area contributed by atoms with Crippen LogP contribution in [0, 0.1) is 0 Å². The molecule has 0 saturated heterocycles. The molecule has 5 aromatic carbocycles. The first kappa shape index (κ1) is 43.0. The molecule has 1 atom stereocenters. The molecule has 318 valence electrons. The lowest BCUT2D eigenvalue weighted by molar-refractivity contribution is -0.117. The molecule has 6 rings (SSSR count). The second-order valence-corrected chi connectivity index (χ2v) is 13.5. The summed E-state index contributed by atoms with van der Waals surface area (Å²) in [7, 11) is 2.38. The SMILES string of the molecule is COc1c(NC(=O)c2ccc(NC(=O)c3ccc(NC(=O)[C@H](C)NC(=O)c4ccc(NC(=O)/C(C)=C/c5ccc6c(c5)OCO6)cc4)cc3)c(OC)c2O)ccc(C(=O)O)c1O. The molecular formula is C44H39N5O13. The minimum atomic E-state index is -1.42. The maximum atomic E-state index is 13.2. The Bertz CT molecular complexity index is 2630. The number of fused-ring (bicyclic) bond motifs is 1. The maximum Gasteiger partial charge on any atom is 0.339 e. The summed E-state index contributed by atoms with van der Waals surface area (Å²) >= 11 is 0. The molecule has 1 aliphatic rings. The molecule has 1 heterocycles. The van der Waals surface area contributed by atoms with E-state index in [9.17, 15) is 44.1 Å². The van der Waals surface area contributed by atoms with Crippen molar-refractivity contribution in [3.63, 3.8) is 0 Å². The van der Waals surface area contributed by atoms with E-state index in [0.717, 1.165) is 11.6 Å². The first-order valence-corrected chi connectivity index (χ1v) is 18.5. The number of carboxylic acid groups (broad SMARTS) is 1. The number of anilines is 4. The summed E-state index contributed by atoms with van der Waals surface area (Å²) in [5.74, 6) is -5.00. The van der Waals surface area contributed by atoms with Gasteiger partial charge in [0.15, 0.2) is 34.5 Å². The molecule has 0 saturated carbocycles. The number of phenols is 2. The van der Waals surface area contributed by atoms with Gasteiger partial charge in [0.2, 0.25) is 12.7 Å². The Hall–Kier alpha value is -8.54. The van der Waals surface area contributed by atoms with Gasteiger partial charge in [-0.05, 0) is 110 Å². The molecular weight excluding hydrogens is 807 g/mol. The Morgan fingerprint density at radius 3 is 1.77 bits per heavy atom. The van der Waals surface area contributed by atoms with Crippen molar-refractivity contribution in [3.8, 4) is 34.5 Å². The lowest BCUT2D eigenvalue weighted by atomic mass is 10.1. The Morgan fingerprint density at radius 2 is 1.18 bits per heavy atom. The van der Waals surface area contributed by atoms with Crippen molar-refractivity contribution in [2.45, 2.75) is 19.9 Å². The third-order valence-electron chi connectivity index (χ3n) is 9.34. The lowest BCUT2D eigenvalue weighted by Gasteiger charge is -2.16. The lowest BCUT2D eigenvalue weighted by Crippen LogP contribution is -2.41. The number of benzene rings is 5. The van der Waals surface area contributed by atoms with Gasteiger partial charge in [-0.2, -0.15) is 0 Å². The third kappa shape index (κ3) is 9.66. The highest BCUT2D eigenvalue weighted by Gasteiger charge is 2.24. The Balaban J connectivity index is 1.00. The number of carbonyl (C=O) groups excluding carboxylic acids is 5. The zero-order valence-electron chi connectivity index (χ0n) is 33.4. The largest absolute Gasteiger partial charge is 0.504 e.